The molecule has 146 valence electrons. The molecule has 0 spiro atoms. The minimum absolute atomic E-state index is 0.0615. The lowest BCUT2D eigenvalue weighted by Gasteiger charge is -2.26. The van der Waals surface area contributed by atoms with Gasteiger partial charge in [0.1, 0.15) is 10.7 Å². The smallest absolute Gasteiger partial charge is 0.263 e. The highest BCUT2D eigenvalue weighted by Gasteiger charge is 2.18. The number of carbonyl (C=O) groups is 1. The number of amides is 1. The molecule has 0 saturated heterocycles. The summed E-state index contributed by atoms with van der Waals surface area (Å²) in [5.41, 5.74) is 3.16. The van der Waals surface area contributed by atoms with Gasteiger partial charge in [-0.3, -0.25) is 9.69 Å². The third-order valence-electron chi connectivity index (χ3n) is 4.92. The molecule has 4 nitrogen and oxygen atoms in total. The third kappa shape index (κ3) is 4.48. The van der Waals surface area contributed by atoms with Crippen molar-refractivity contribution in [3.63, 3.8) is 0 Å². The number of aryl methyl sites for hydroxylation is 1. The van der Waals surface area contributed by atoms with Crippen LogP contribution in [0.2, 0.25) is 0 Å². The van der Waals surface area contributed by atoms with E-state index in [-0.39, 0.29) is 11.7 Å². The largest absolute Gasteiger partial charge is 0.350 e. The summed E-state index contributed by atoms with van der Waals surface area (Å²) >= 11 is 3.25. The van der Waals surface area contributed by atoms with Gasteiger partial charge >= 0.3 is 0 Å². The predicted octanol–water partition coefficient (Wildman–Crippen LogP) is 4.03. The lowest BCUT2D eigenvalue weighted by Crippen LogP contribution is -2.37. The quantitative estimate of drug-likeness (QED) is 0.661. The normalized spacial score (nSPS) is 14.1. The number of nitrogens with one attached hydrogen (secondary N) is 1. The van der Waals surface area contributed by atoms with E-state index in [1.165, 1.54) is 33.9 Å². The fourth-order valence-electron chi connectivity index (χ4n) is 3.42. The molecule has 0 unspecified atom stereocenters. The topological polar surface area (TPSA) is 45.2 Å². The van der Waals surface area contributed by atoms with E-state index in [0.717, 1.165) is 42.3 Å². The van der Waals surface area contributed by atoms with E-state index >= 15 is 0 Å². The van der Waals surface area contributed by atoms with Crippen LogP contribution in [0.1, 0.15) is 36.4 Å². The molecule has 2 aromatic heterocycles. The second-order valence-corrected chi connectivity index (χ2v) is 9.06. The zero-order valence-electron chi connectivity index (χ0n) is 15.7. The number of thiazole rings is 1. The number of carbonyl (C=O) groups excluding carboxylic acids is 1. The summed E-state index contributed by atoms with van der Waals surface area (Å²) in [7, 11) is 0. The van der Waals surface area contributed by atoms with Crippen LogP contribution in [0.3, 0.4) is 0 Å². The van der Waals surface area contributed by atoms with E-state index in [2.05, 4.69) is 26.6 Å². The first-order valence-electron chi connectivity index (χ1n) is 9.35. The van der Waals surface area contributed by atoms with Gasteiger partial charge in [-0.15, -0.1) is 22.7 Å². The monoisotopic (exact) mass is 415 g/mol. The van der Waals surface area contributed by atoms with E-state index in [9.17, 15) is 9.18 Å². The third-order valence-corrected chi connectivity index (χ3v) is 7.10. The van der Waals surface area contributed by atoms with Crippen LogP contribution in [0.15, 0.2) is 35.7 Å². The van der Waals surface area contributed by atoms with Crippen molar-refractivity contribution in [3.05, 3.63) is 73.1 Å². The number of halogens is 1. The molecular weight excluding hydrogens is 393 g/mol. The zero-order valence-corrected chi connectivity index (χ0v) is 17.3. The van der Waals surface area contributed by atoms with Gasteiger partial charge in [-0.1, -0.05) is 12.1 Å². The second-order valence-electron chi connectivity index (χ2n) is 6.98. The average molecular weight is 416 g/mol. The summed E-state index contributed by atoms with van der Waals surface area (Å²) in [6.45, 7) is 5.35. The number of rotatable bonds is 6. The van der Waals surface area contributed by atoms with Gasteiger partial charge in [-0.2, -0.15) is 0 Å². The maximum Gasteiger partial charge on any atom is 0.263 e. The molecule has 0 aliphatic carbocycles. The molecular formula is C21H22FN3OS2. The molecule has 3 aromatic rings. The number of hydrogen-bond acceptors (Lipinski definition) is 5. The van der Waals surface area contributed by atoms with Crippen molar-refractivity contribution in [2.24, 2.45) is 0 Å². The van der Waals surface area contributed by atoms with Crippen LogP contribution in [0.5, 0.6) is 0 Å². The Morgan fingerprint density at radius 1 is 1.29 bits per heavy atom. The summed E-state index contributed by atoms with van der Waals surface area (Å²) in [5.74, 6) is -0.309. The Labute approximate surface area is 172 Å². The lowest BCUT2D eigenvalue weighted by atomic mass is 10.1. The van der Waals surface area contributed by atoms with Crippen LogP contribution >= 0.6 is 22.7 Å². The van der Waals surface area contributed by atoms with Crippen molar-refractivity contribution in [1.29, 1.82) is 0 Å². The van der Waals surface area contributed by atoms with Crippen LogP contribution in [-0.2, 0) is 19.4 Å². The number of hydrogen-bond donors (Lipinski definition) is 1. The molecule has 3 heterocycles. The fraction of sp³-hybridized carbons (Fsp3) is 0.333. The lowest BCUT2D eigenvalue weighted by molar-refractivity contribution is 0.0950. The molecule has 28 heavy (non-hydrogen) atoms. The second kappa shape index (κ2) is 8.51. The van der Waals surface area contributed by atoms with Crippen molar-refractivity contribution < 1.29 is 9.18 Å². The Bertz CT molecular complexity index is 964. The number of nitrogens with zero attached hydrogens (tertiary/aromatic N) is 2. The van der Waals surface area contributed by atoms with Crippen LogP contribution in [0.25, 0.3) is 0 Å². The van der Waals surface area contributed by atoms with Crippen molar-refractivity contribution in [2.75, 3.05) is 19.6 Å². The molecule has 1 aromatic carbocycles. The Kier molecular flexibility index (Phi) is 5.85. The Hall–Kier alpha value is -2.09. The summed E-state index contributed by atoms with van der Waals surface area (Å²) in [6, 6.07) is 8.60. The first-order valence-corrected chi connectivity index (χ1v) is 11.0. The van der Waals surface area contributed by atoms with Gasteiger partial charge in [0.25, 0.3) is 5.91 Å². The summed E-state index contributed by atoms with van der Waals surface area (Å²) in [6.07, 6.45) is 1.71. The van der Waals surface area contributed by atoms with Gasteiger partial charge < -0.3 is 5.32 Å². The first kappa shape index (κ1) is 19.2. The Morgan fingerprint density at radius 3 is 2.93 bits per heavy atom. The molecule has 0 fully saturated rings. The SMILES string of the molecule is Cc1nc(Cc2ccc(F)cc2)sc1C(=O)NCCN1CCc2sccc2C1. The van der Waals surface area contributed by atoms with E-state index in [1.54, 1.807) is 12.1 Å². The molecule has 1 aliphatic heterocycles. The molecule has 7 heteroatoms. The standard InChI is InChI=1S/C21H22FN3OS2/c1-14-20(28-19(24-14)12-15-2-4-17(22)5-3-15)21(26)23-8-10-25-9-6-18-16(13-25)7-11-27-18/h2-5,7,11H,6,8-10,12-13H2,1H3,(H,23,26). The molecule has 0 saturated carbocycles. The van der Waals surface area contributed by atoms with E-state index in [0.29, 0.717) is 17.8 Å². The average Bonchev–Trinajstić information content (AvgIpc) is 3.29. The van der Waals surface area contributed by atoms with Crippen LogP contribution in [0.4, 0.5) is 4.39 Å². The van der Waals surface area contributed by atoms with Crippen molar-refractivity contribution in [1.82, 2.24) is 15.2 Å². The molecule has 0 bridgehead atoms. The van der Waals surface area contributed by atoms with Crippen molar-refractivity contribution in [2.45, 2.75) is 26.3 Å². The van der Waals surface area contributed by atoms with Gasteiger partial charge in [0.05, 0.1) is 10.7 Å². The predicted molar refractivity (Wildman–Crippen MR) is 112 cm³/mol. The van der Waals surface area contributed by atoms with E-state index < -0.39 is 0 Å². The highest BCUT2D eigenvalue weighted by Crippen LogP contribution is 2.24. The minimum Gasteiger partial charge on any atom is -0.350 e. The molecule has 0 radical (unpaired) electrons. The molecule has 1 amide bonds. The molecule has 1 N–H and O–H groups in total. The highest BCUT2D eigenvalue weighted by atomic mass is 32.1. The summed E-state index contributed by atoms with van der Waals surface area (Å²) in [5, 5.41) is 6.06. The van der Waals surface area contributed by atoms with Gasteiger partial charge in [0, 0.05) is 37.5 Å². The number of benzene rings is 1. The maximum absolute atomic E-state index is 13.0. The zero-order chi connectivity index (χ0) is 19.5. The van der Waals surface area contributed by atoms with Gasteiger partial charge in [-0.25, -0.2) is 9.37 Å². The Balaban J connectivity index is 1.30. The molecule has 1 aliphatic rings. The number of thiophene rings is 1. The fourth-order valence-corrected chi connectivity index (χ4v) is 5.33. The van der Waals surface area contributed by atoms with E-state index in [4.69, 9.17) is 0 Å². The Morgan fingerprint density at radius 2 is 2.11 bits per heavy atom. The number of aromatic nitrogens is 1. The molecule has 4 rings (SSSR count). The van der Waals surface area contributed by atoms with E-state index in [1.807, 2.05) is 18.3 Å². The van der Waals surface area contributed by atoms with Gasteiger partial charge in [0.2, 0.25) is 0 Å². The van der Waals surface area contributed by atoms with Crippen molar-refractivity contribution >= 4 is 28.6 Å². The number of fused-ring (bicyclic) bond motifs is 1. The summed E-state index contributed by atoms with van der Waals surface area (Å²) < 4.78 is 13.0. The van der Waals surface area contributed by atoms with Gasteiger partial charge in [0.15, 0.2) is 0 Å². The van der Waals surface area contributed by atoms with Gasteiger partial charge in [-0.05, 0) is 48.1 Å². The van der Waals surface area contributed by atoms with Crippen LogP contribution in [0, 0.1) is 12.7 Å². The highest BCUT2D eigenvalue weighted by molar-refractivity contribution is 7.13. The minimum atomic E-state index is -0.247. The van der Waals surface area contributed by atoms with Crippen LogP contribution in [-0.4, -0.2) is 35.4 Å². The summed E-state index contributed by atoms with van der Waals surface area (Å²) in [4.78, 5) is 21.6. The maximum atomic E-state index is 13.0. The van der Waals surface area contributed by atoms with Crippen LogP contribution < -0.4 is 5.32 Å². The molecule has 0 atom stereocenters. The van der Waals surface area contributed by atoms with Crippen molar-refractivity contribution in [3.8, 4) is 0 Å². The first-order chi connectivity index (χ1) is 13.6.